The van der Waals surface area contributed by atoms with Gasteiger partial charge in [-0.3, -0.25) is 9.59 Å². The number of nitrogens with one attached hydrogen (secondary N) is 2. The van der Waals surface area contributed by atoms with Crippen molar-refractivity contribution in [2.24, 2.45) is 17.6 Å². The van der Waals surface area contributed by atoms with Gasteiger partial charge in [-0.2, -0.15) is 0 Å². The summed E-state index contributed by atoms with van der Waals surface area (Å²) in [5, 5.41) is 6.24. The van der Waals surface area contributed by atoms with Gasteiger partial charge in [0.1, 0.15) is 0 Å². The van der Waals surface area contributed by atoms with Crippen LogP contribution >= 0.6 is 0 Å². The van der Waals surface area contributed by atoms with E-state index in [2.05, 4.69) is 10.6 Å². The zero-order chi connectivity index (χ0) is 12.3. The molecule has 5 nitrogen and oxygen atoms in total. The van der Waals surface area contributed by atoms with Gasteiger partial charge in [-0.25, -0.2) is 0 Å². The number of hydrogen-bond acceptors (Lipinski definition) is 3. The van der Waals surface area contributed by atoms with Gasteiger partial charge in [0.15, 0.2) is 0 Å². The maximum Gasteiger partial charge on any atom is 0.224 e. The molecule has 3 unspecified atom stereocenters. The van der Waals surface area contributed by atoms with Gasteiger partial charge in [-0.1, -0.05) is 6.42 Å². The summed E-state index contributed by atoms with van der Waals surface area (Å²) in [6, 6.07) is 0.134. The van der Waals surface area contributed by atoms with E-state index in [0.29, 0.717) is 6.42 Å². The first kappa shape index (κ1) is 12.4. The molecule has 1 saturated heterocycles. The van der Waals surface area contributed by atoms with E-state index in [-0.39, 0.29) is 29.7 Å². The topological polar surface area (TPSA) is 84.2 Å². The monoisotopic (exact) mass is 239 g/mol. The number of amides is 2. The van der Waals surface area contributed by atoms with E-state index in [9.17, 15) is 9.59 Å². The zero-order valence-electron chi connectivity index (χ0n) is 10.1. The summed E-state index contributed by atoms with van der Waals surface area (Å²) < 4.78 is 0. The van der Waals surface area contributed by atoms with E-state index in [1.807, 2.05) is 0 Å². The lowest BCUT2D eigenvalue weighted by atomic mass is 9.85. The highest BCUT2D eigenvalue weighted by molar-refractivity contribution is 5.80. The first-order chi connectivity index (χ1) is 8.16. The third kappa shape index (κ3) is 3.19. The Bertz CT molecular complexity index is 300. The molecule has 96 valence electrons. The molecule has 2 amide bonds. The second-order valence-corrected chi connectivity index (χ2v) is 5.16. The van der Waals surface area contributed by atoms with Crippen LogP contribution in [0.25, 0.3) is 0 Å². The second-order valence-electron chi connectivity index (χ2n) is 5.16. The molecule has 0 radical (unpaired) electrons. The van der Waals surface area contributed by atoms with E-state index in [4.69, 9.17) is 5.73 Å². The molecule has 0 aromatic heterocycles. The fourth-order valence-corrected chi connectivity index (χ4v) is 2.78. The van der Waals surface area contributed by atoms with Gasteiger partial charge in [0.05, 0.1) is 5.92 Å². The van der Waals surface area contributed by atoms with Crippen molar-refractivity contribution < 1.29 is 9.59 Å². The second kappa shape index (κ2) is 5.49. The van der Waals surface area contributed by atoms with Gasteiger partial charge >= 0.3 is 0 Å². The first-order valence-electron chi connectivity index (χ1n) is 6.47. The fourth-order valence-electron chi connectivity index (χ4n) is 2.78. The SMILES string of the molecule is NC(=O)C1CCCC(NC(=O)C2CCNC2)C1. The maximum atomic E-state index is 11.9. The van der Waals surface area contributed by atoms with Crippen LogP contribution in [0.5, 0.6) is 0 Å². The quantitative estimate of drug-likeness (QED) is 0.635. The molecule has 0 aromatic rings. The predicted molar refractivity (Wildman–Crippen MR) is 64.1 cm³/mol. The van der Waals surface area contributed by atoms with Crippen LogP contribution < -0.4 is 16.4 Å². The number of hydrogen-bond donors (Lipinski definition) is 3. The molecule has 4 N–H and O–H groups in total. The Kier molecular flexibility index (Phi) is 3.99. The van der Waals surface area contributed by atoms with E-state index in [0.717, 1.165) is 38.8 Å². The minimum absolute atomic E-state index is 0.0595. The summed E-state index contributed by atoms with van der Waals surface area (Å²) in [5.74, 6) is -0.0590. The lowest BCUT2D eigenvalue weighted by molar-refractivity contribution is -0.127. The molecule has 2 fully saturated rings. The maximum absolute atomic E-state index is 11.9. The van der Waals surface area contributed by atoms with E-state index in [1.54, 1.807) is 0 Å². The molecule has 1 aliphatic carbocycles. The van der Waals surface area contributed by atoms with Crippen molar-refractivity contribution in [2.45, 2.75) is 38.1 Å². The molecule has 1 aliphatic heterocycles. The van der Waals surface area contributed by atoms with Crippen molar-refractivity contribution in [3.63, 3.8) is 0 Å². The summed E-state index contributed by atoms with van der Waals surface area (Å²) in [5.41, 5.74) is 5.32. The molecule has 17 heavy (non-hydrogen) atoms. The van der Waals surface area contributed by atoms with Gasteiger partial charge in [-0.15, -0.1) is 0 Å². The van der Waals surface area contributed by atoms with E-state index in [1.165, 1.54) is 0 Å². The Balaban J connectivity index is 1.81. The molecule has 0 aromatic carbocycles. The van der Waals surface area contributed by atoms with Crippen LogP contribution in [0.4, 0.5) is 0 Å². The summed E-state index contributed by atoms with van der Waals surface area (Å²) in [6.45, 7) is 1.70. The van der Waals surface area contributed by atoms with Crippen molar-refractivity contribution in [2.75, 3.05) is 13.1 Å². The van der Waals surface area contributed by atoms with Gasteiger partial charge in [0.25, 0.3) is 0 Å². The van der Waals surface area contributed by atoms with E-state index >= 15 is 0 Å². The molecule has 1 saturated carbocycles. The van der Waals surface area contributed by atoms with Crippen LogP contribution in [-0.2, 0) is 9.59 Å². The molecule has 2 aliphatic rings. The van der Waals surface area contributed by atoms with E-state index < -0.39 is 0 Å². The highest BCUT2D eigenvalue weighted by Gasteiger charge is 2.29. The van der Waals surface area contributed by atoms with Crippen LogP contribution in [0.2, 0.25) is 0 Å². The number of carbonyl (C=O) groups excluding carboxylic acids is 2. The van der Waals surface area contributed by atoms with Crippen molar-refractivity contribution in [1.29, 1.82) is 0 Å². The lowest BCUT2D eigenvalue weighted by Gasteiger charge is -2.28. The summed E-state index contributed by atoms with van der Waals surface area (Å²) in [4.78, 5) is 23.1. The summed E-state index contributed by atoms with van der Waals surface area (Å²) in [6.07, 6.45) is 4.43. The average Bonchev–Trinajstić information content (AvgIpc) is 2.82. The minimum atomic E-state index is -0.230. The molecule has 5 heteroatoms. The van der Waals surface area contributed by atoms with Crippen LogP contribution in [0.3, 0.4) is 0 Å². The smallest absolute Gasteiger partial charge is 0.224 e. The standard InChI is InChI=1S/C12H21N3O2/c13-11(16)8-2-1-3-10(6-8)15-12(17)9-4-5-14-7-9/h8-10,14H,1-7H2,(H2,13,16)(H,15,17). The van der Waals surface area contributed by atoms with Crippen LogP contribution in [0, 0.1) is 11.8 Å². The third-order valence-electron chi connectivity index (χ3n) is 3.85. The number of primary amides is 1. The first-order valence-corrected chi connectivity index (χ1v) is 6.47. The Labute approximate surface area is 102 Å². The normalized spacial score (nSPS) is 33.3. The highest BCUT2D eigenvalue weighted by Crippen LogP contribution is 2.24. The Hall–Kier alpha value is -1.10. The zero-order valence-corrected chi connectivity index (χ0v) is 10.1. The van der Waals surface area contributed by atoms with Gasteiger partial charge < -0.3 is 16.4 Å². The van der Waals surface area contributed by atoms with Crippen LogP contribution in [0.1, 0.15) is 32.1 Å². The number of rotatable bonds is 3. The van der Waals surface area contributed by atoms with Gasteiger partial charge in [0.2, 0.25) is 11.8 Å². The van der Waals surface area contributed by atoms with Gasteiger partial charge in [-0.05, 0) is 32.2 Å². The minimum Gasteiger partial charge on any atom is -0.369 e. The van der Waals surface area contributed by atoms with Crippen LogP contribution in [0.15, 0.2) is 0 Å². The molecule has 0 spiro atoms. The summed E-state index contributed by atoms with van der Waals surface area (Å²) in [7, 11) is 0. The predicted octanol–water partition coefficient (Wildman–Crippen LogP) is -0.244. The van der Waals surface area contributed by atoms with Crippen LogP contribution in [-0.4, -0.2) is 30.9 Å². The largest absolute Gasteiger partial charge is 0.369 e. The molecular weight excluding hydrogens is 218 g/mol. The highest BCUT2D eigenvalue weighted by atomic mass is 16.2. The lowest BCUT2D eigenvalue weighted by Crippen LogP contribution is -2.43. The summed E-state index contributed by atoms with van der Waals surface area (Å²) >= 11 is 0. The Morgan fingerprint density at radius 3 is 2.65 bits per heavy atom. The third-order valence-corrected chi connectivity index (χ3v) is 3.85. The number of carbonyl (C=O) groups is 2. The molecule has 2 rings (SSSR count). The van der Waals surface area contributed by atoms with Crippen molar-refractivity contribution in [3.05, 3.63) is 0 Å². The fraction of sp³-hybridized carbons (Fsp3) is 0.833. The molecule has 0 bridgehead atoms. The van der Waals surface area contributed by atoms with Crippen molar-refractivity contribution >= 4 is 11.8 Å². The Morgan fingerprint density at radius 2 is 2.00 bits per heavy atom. The van der Waals surface area contributed by atoms with Crippen molar-refractivity contribution in [3.8, 4) is 0 Å². The average molecular weight is 239 g/mol. The molecular formula is C12H21N3O2. The number of nitrogens with two attached hydrogens (primary N) is 1. The molecule has 1 heterocycles. The molecule has 3 atom stereocenters. The Morgan fingerprint density at radius 1 is 1.18 bits per heavy atom. The van der Waals surface area contributed by atoms with Crippen molar-refractivity contribution in [1.82, 2.24) is 10.6 Å². The van der Waals surface area contributed by atoms with Gasteiger partial charge in [0, 0.05) is 18.5 Å².